The van der Waals surface area contributed by atoms with E-state index in [1.54, 1.807) is 20.8 Å². The van der Waals surface area contributed by atoms with E-state index in [1.165, 1.54) is 6.92 Å². The minimum atomic E-state index is -0.989. The smallest absolute Gasteiger partial charge is 0.407 e. The largest absolute Gasteiger partial charge is 0.479 e. The lowest BCUT2D eigenvalue weighted by Crippen LogP contribution is -2.34. The zero-order valence-corrected chi connectivity index (χ0v) is 15.3. The fourth-order valence-corrected chi connectivity index (χ4v) is 1.51. The van der Waals surface area contributed by atoms with Crippen LogP contribution in [0.2, 0.25) is 0 Å². The maximum absolute atomic E-state index is 11.4. The highest BCUT2D eigenvalue weighted by atomic mass is 16.6. The Morgan fingerprint density at radius 1 is 1.04 bits per heavy atom. The number of carbonyl (C=O) groups is 2. The molecule has 1 unspecified atom stereocenters. The number of hydrogen-bond donors (Lipinski definition) is 2. The maximum atomic E-state index is 11.4. The van der Waals surface area contributed by atoms with E-state index in [4.69, 9.17) is 24.1 Å². The van der Waals surface area contributed by atoms with E-state index < -0.39 is 23.8 Å². The second kappa shape index (κ2) is 12.0. The van der Waals surface area contributed by atoms with Crippen LogP contribution < -0.4 is 5.32 Å². The van der Waals surface area contributed by atoms with E-state index >= 15 is 0 Å². The molecule has 0 bridgehead atoms. The molecule has 8 heteroatoms. The minimum absolute atomic E-state index is 0.184. The second-order valence-electron chi connectivity index (χ2n) is 6.53. The van der Waals surface area contributed by atoms with Crippen LogP contribution >= 0.6 is 0 Å². The van der Waals surface area contributed by atoms with Gasteiger partial charge in [-0.2, -0.15) is 0 Å². The molecular weight excluding hydrogens is 318 g/mol. The number of hydrogen-bond acceptors (Lipinski definition) is 6. The van der Waals surface area contributed by atoms with Gasteiger partial charge in [0.2, 0.25) is 0 Å². The molecule has 0 aliphatic carbocycles. The highest BCUT2D eigenvalue weighted by Gasteiger charge is 2.15. The molecule has 0 aromatic heterocycles. The summed E-state index contributed by atoms with van der Waals surface area (Å²) in [5.41, 5.74) is -0.511. The van der Waals surface area contributed by atoms with Gasteiger partial charge >= 0.3 is 12.1 Å². The molecule has 0 heterocycles. The van der Waals surface area contributed by atoms with Gasteiger partial charge in [-0.25, -0.2) is 9.59 Å². The highest BCUT2D eigenvalue weighted by Crippen LogP contribution is 2.06. The molecule has 0 aliphatic heterocycles. The number of alkyl carbamates (subject to hydrolysis) is 1. The summed E-state index contributed by atoms with van der Waals surface area (Å²) >= 11 is 0. The number of ether oxygens (including phenoxy) is 4. The van der Waals surface area contributed by atoms with Crippen LogP contribution in [-0.4, -0.2) is 68.5 Å². The first-order valence-electron chi connectivity index (χ1n) is 8.08. The van der Waals surface area contributed by atoms with Crippen molar-refractivity contribution in [3.63, 3.8) is 0 Å². The lowest BCUT2D eigenvalue weighted by atomic mass is 10.2. The topological polar surface area (TPSA) is 103 Å². The Bertz CT molecular complexity index is 368. The molecule has 0 fully saturated rings. The van der Waals surface area contributed by atoms with E-state index in [2.05, 4.69) is 5.32 Å². The van der Waals surface area contributed by atoms with E-state index in [0.717, 1.165) is 0 Å². The minimum Gasteiger partial charge on any atom is -0.479 e. The van der Waals surface area contributed by atoms with Gasteiger partial charge in [0.15, 0.2) is 6.10 Å². The van der Waals surface area contributed by atoms with Gasteiger partial charge in [-0.3, -0.25) is 0 Å². The van der Waals surface area contributed by atoms with Crippen LogP contribution in [0.3, 0.4) is 0 Å². The molecular formula is C16H31NO7. The fraction of sp³-hybridized carbons (Fsp3) is 0.875. The van der Waals surface area contributed by atoms with Gasteiger partial charge < -0.3 is 29.4 Å². The molecule has 8 nitrogen and oxygen atoms in total. The van der Waals surface area contributed by atoms with Crippen LogP contribution in [0.4, 0.5) is 4.79 Å². The monoisotopic (exact) mass is 349 g/mol. The van der Waals surface area contributed by atoms with Crippen molar-refractivity contribution >= 4 is 12.1 Å². The summed E-state index contributed by atoms with van der Waals surface area (Å²) in [5.74, 6) is -0.805. The van der Waals surface area contributed by atoms with Crippen molar-refractivity contribution < 1.29 is 33.6 Å². The van der Waals surface area contributed by atoms with Crippen LogP contribution in [0.15, 0.2) is 0 Å². The van der Waals surface area contributed by atoms with Crippen molar-refractivity contribution in [2.45, 2.75) is 46.3 Å². The third-order valence-electron chi connectivity index (χ3n) is 2.66. The normalized spacial score (nSPS) is 14.0. The summed E-state index contributed by atoms with van der Waals surface area (Å²) in [7, 11) is 0. The van der Waals surface area contributed by atoms with Crippen LogP contribution in [0.1, 0.15) is 34.6 Å². The van der Waals surface area contributed by atoms with E-state index in [-0.39, 0.29) is 12.5 Å². The number of carboxylic acid groups (broad SMARTS) is 1. The van der Waals surface area contributed by atoms with E-state index in [1.807, 2.05) is 6.92 Å². The number of carboxylic acids is 1. The van der Waals surface area contributed by atoms with Crippen molar-refractivity contribution in [2.24, 2.45) is 5.92 Å². The Kier molecular flexibility index (Phi) is 11.4. The average Bonchev–Trinajstić information content (AvgIpc) is 2.44. The Balaban J connectivity index is 3.49. The first-order valence-corrected chi connectivity index (χ1v) is 8.08. The van der Waals surface area contributed by atoms with Gasteiger partial charge in [-0.05, 0) is 27.7 Å². The zero-order valence-electron chi connectivity index (χ0n) is 15.3. The average molecular weight is 349 g/mol. The first kappa shape index (κ1) is 22.6. The Morgan fingerprint density at radius 2 is 1.62 bits per heavy atom. The Hall–Kier alpha value is -1.38. The molecule has 0 aliphatic rings. The summed E-state index contributed by atoms with van der Waals surface area (Å²) < 4.78 is 21.0. The van der Waals surface area contributed by atoms with Gasteiger partial charge in [0.25, 0.3) is 0 Å². The van der Waals surface area contributed by atoms with Crippen molar-refractivity contribution in [1.82, 2.24) is 5.32 Å². The molecule has 0 saturated carbocycles. The summed E-state index contributed by atoms with van der Waals surface area (Å²) in [6, 6.07) is 0. The molecule has 0 saturated heterocycles. The molecule has 2 N–H and O–H groups in total. The fourth-order valence-electron chi connectivity index (χ4n) is 1.51. The number of amides is 1. The molecule has 2 atom stereocenters. The summed E-state index contributed by atoms with van der Waals surface area (Å²) in [6.45, 7) is 11.2. The predicted octanol–water partition coefficient (Wildman–Crippen LogP) is 1.67. The zero-order chi connectivity index (χ0) is 18.6. The molecule has 0 spiro atoms. The number of rotatable bonds is 12. The third-order valence-corrected chi connectivity index (χ3v) is 2.66. The van der Waals surface area contributed by atoms with Gasteiger partial charge in [-0.15, -0.1) is 0 Å². The van der Waals surface area contributed by atoms with Crippen molar-refractivity contribution in [2.75, 3.05) is 39.6 Å². The molecule has 0 aromatic rings. The molecule has 24 heavy (non-hydrogen) atoms. The van der Waals surface area contributed by atoms with E-state index in [0.29, 0.717) is 33.0 Å². The lowest BCUT2D eigenvalue weighted by molar-refractivity contribution is -0.150. The molecule has 0 aromatic carbocycles. The summed E-state index contributed by atoms with van der Waals surface area (Å²) in [4.78, 5) is 21.9. The molecule has 0 radical (unpaired) electrons. The van der Waals surface area contributed by atoms with Gasteiger partial charge in [0.1, 0.15) is 5.60 Å². The van der Waals surface area contributed by atoms with Crippen LogP contribution in [0.25, 0.3) is 0 Å². The highest BCUT2D eigenvalue weighted by molar-refractivity contribution is 5.71. The van der Waals surface area contributed by atoms with Crippen LogP contribution in [-0.2, 0) is 23.7 Å². The molecule has 142 valence electrons. The number of carbonyl (C=O) groups excluding carboxylic acids is 1. The summed E-state index contributed by atoms with van der Waals surface area (Å²) in [6.07, 6.45) is -1.29. The quantitative estimate of drug-likeness (QED) is 0.517. The predicted molar refractivity (Wildman–Crippen MR) is 88.1 cm³/mol. The van der Waals surface area contributed by atoms with Gasteiger partial charge in [0, 0.05) is 12.5 Å². The second-order valence-corrected chi connectivity index (χ2v) is 6.53. The van der Waals surface area contributed by atoms with Crippen molar-refractivity contribution in [3.8, 4) is 0 Å². The van der Waals surface area contributed by atoms with Crippen LogP contribution in [0.5, 0.6) is 0 Å². The van der Waals surface area contributed by atoms with Crippen molar-refractivity contribution in [1.29, 1.82) is 0 Å². The lowest BCUT2D eigenvalue weighted by Gasteiger charge is -2.19. The third kappa shape index (κ3) is 14.2. The number of aliphatic carboxylic acids is 1. The first-order chi connectivity index (χ1) is 11.1. The SMILES string of the molecule is CC(COCCNC(=O)OC(C)(C)C)COCCO[C@@H](C)C(=O)O. The van der Waals surface area contributed by atoms with Gasteiger partial charge in [0.05, 0.1) is 33.0 Å². The standard InChI is InChI=1S/C16H31NO7/c1-12(11-22-8-9-23-13(2)14(18)19)10-21-7-6-17-15(20)24-16(3,4)5/h12-13H,6-11H2,1-5H3,(H,17,20)(H,18,19)/t12?,13-/m0/s1. The number of nitrogens with one attached hydrogen (secondary N) is 1. The van der Waals surface area contributed by atoms with Crippen molar-refractivity contribution in [3.05, 3.63) is 0 Å². The Morgan fingerprint density at radius 3 is 2.17 bits per heavy atom. The Labute approximate surface area is 143 Å². The molecule has 1 amide bonds. The molecule has 0 rings (SSSR count). The van der Waals surface area contributed by atoms with E-state index in [9.17, 15) is 9.59 Å². The van der Waals surface area contributed by atoms with Crippen LogP contribution in [0, 0.1) is 5.92 Å². The maximum Gasteiger partial charge on any atom is 0.407 e. The summed E-state index contributed by atoms with van der Waals surface area (Å²) in [5, 5.41) is 11.3. The van der Waals surface area contributed by atoms with Gasteiger partial charge in [-0.1, -0.05) is 6.92 Å².